The molecule has 4 aromatic rings. The van der Waals surface area contributed by atoms with Crippen LogP contribution in [0.3, 0.4) is 0 Å². The minimum Gasteiger partial charge on any atom is -0.307 e. The SMILES string of the molecule is Cc1cn2cc(-c3ccc4nc(C5(F)CCN(C)CC5)[nH]c(=O)c4c3)ccc2n1. The van der Waals surface area contributed by atoms with Gasteiger partial charge in [-0.25, -0.2) is 14.4 Å². The van der Waals surface area contributed by atoms with Gasteiger partial charge in [0.05, 0.1) is 16.6 Å². The van der Waals surface area contributed by atoms with E-state index in [4.69, 9.17) is 0 Å². The molecule has 0 radical (unpaired) electrons. The van der Waals surface area contributed by atoms with Crippen molar-refractivity contribution in [1.29, 1.82) is 0 Å². The van der Waals surface area contributed by atoms with E-state index in [1.807, 2.05) is 55.0 Å². The summed E-state index contributed by atoms with van der Waals surface area (Å²) in [6, 6.07) is 9.46. The summed E-state index contributed by atoms with van der Waals surface area (Å²) in [4.78, 5) is 26.5. The Morgan fingerprint density at radius 3 is 2.62 bits per heavy atom. The maximum absolute atomic E-state index is 15.4. The highest BCUT2D eigenvalue weighted by Gasteiger charge is 2.38. The van der Waals surface area contributed by atoms with Crippen molar-refractivity contribution >= 4 is 16.6 Å². The van der Waals surface area contributed by atoms with Gasteiger partial charge in [0.25, 0.3) is 5.56 Å². The first-order valence-electron chi connectivity index (χ1n) is 9.79. The van der Waals surface area contributed by atoms with Crippen molar-refractivity contribution in [3.05, 3.63) is 64.6 Å². The second kappa shape index (κ2) is 6.49. The molecule has 4 heterocycles. The molecule has 0 bridgehead atoms. The van der Waals surface area contributed by atoms with Crippen LogP contribution in [0.4, 0.5) is 4.39 Å². The first-order chi connectivity index (χ1) is 13.9. The largest absolute Gasteiger partial charge is 0.307 e. The average Bonchev–Trinajstić information content (AvgIpc) is 3.09. The number of hydrogen-bond acceptors (Lipinski definition) is 4. The molecule has 0 atom stereocenters. The molecule has 1 fully saturated rings. The number of rotatable bonds is 2. The van der Waals surface area contributed by atoms with Crippen molar-refractivity contribution in [3.63, 3.8) is 0 Å². The van der Waals surface area contributed by atoms with Crippen LogP contribution in [-0.4, -0.2) is 44.4 Å². The predicted molar refractivity (Wildman–Crippen MR) is 111 cm³/mol. The summed E-state index contributed by atoms with van der Waals surface area (Å²) >= 11 is 0. The number of aromatic amines is 1. The molecule has 3 aromatic heterocycles. The topological polar surface area (TPSA) is 66.3 Å². The van der Waals surface area contributed by atoms with Crippen molar-refractivity contribution in [2.45, 2.75) is 25.4 Å². The van der Waals surface area contributed by atoms with Crippen LogP contribution in [-0.2, 0) is 5.67 Å². The van der Waals surface area contributed by atoms with Gasteiger partial charge in [0.15, 0.2) is 5.67 Å². The number of alkyl halides is 1. The molecule has 148 valence electrons. The van der Waals surface area contributed by atoms with Gasteiger partial charge in [0, 0.05) is 38.3 Å². The number of nitrogens with one attached hydrogen (secondary N) is 1. The van der Waals surface area contributed by atoms with E-state index in [1.165, 1.54) is 0 Å². The number of imidazole rings is 1. The Bertz CT molecular complexity index is 1280. The summed E-state index contributed by atoms with van der Waals surface area (Å²) in [6.07, 6.45) is 4.62. The molecule has 1 aliphatic rings. The number of piperidine rings is 1. The number of hydrogen-bond donors (Lipinski definition) is 1. The molecule has 1 aliphatic heterocycles. The zero-order valence-corrected chi connectivity index (χ0v) is 16.4. The highest BCUT2D eigenvalue weighted by Crippen LogP contribution is 2.34. The van der Waals surface area contributed by atoms with Crippen LogP contribution in [0.2, 0.25) is 0 Å². The number of pyridine rings is 1. The van der Waals surface area contributed by atoms with Gasteiger partial charge in [-0.05, 0) is 49.4 Å². The predicted octanol–water partition coefficient (Wildman–Crippen LogP) is 3.44. The number of nitrogens with zero attached hydrogens (tertiary/aromatic N) is 4. The summed E-state index contributed by atoms with van der Waals surface area (Å²) in [7, 11) is 1.97. The number of likely N-dealkylation sites (tertiary alicyclic amines) is 1. The van der Waals surface area contributed by atoms with Crippen molar-refractivity contribution in [2.75, 3.05) is 20.1 Å². The molecule has 5 rings (SSSR count). The molecule has 0 saturated carbocycles. The highest BCUT2D eigenvalue weighted by atomic mass is 19.1. The van der Waals surface area contributed by atoms with Gasteiger partial charge < -0.3 is 14.3 Å². The van der Waals surface area contributed by atoms with E-state index in [9.17, 15) is 4.79 Å². The van der Waals surface area contributed by atoms with Crippen LogP contribution in [0.5, 0.6) is 0 Å². The molecule has 6 nitrogen and oxygen atoms in total. The zero-order chi connectivity index (χ0) is 20.2. The monoisotopic (exact) mass is 391 g/mol. The van der Waals surface area contributed by atoms with Crippen LogP contribution >= 0.6 is 0 Å². The van der Waals surface area contributed by atoms with E-state index in [-0.39, 0.29) is 11.4 Å². The Labute approximate surface area is 167 Å². The third kappa shape index (κ3) is 3.11. The molecule has 0 aliphatic carbocycles. The fourth-order valence-corrected chi connectivity index (χ4v) is 4.03. The number of aryl methyl sites for hydroxylation is 1. The van der Waals surface area contributed by atoms with Gasteiger partial charge in [0.1, 0.15) is 11.5 Å². The van der Waals surface area contributed by atoms with Crippen LogP contribution in [0.15, 0.2) is 47.5 Å². The molecular weight excluding hydrogens is 369 g/mol. The Balaban J connectivity index is 1.57. The lowest BCUT2D eigenvalue weighted by Gasteiger charge is -2.33. The lowest BCUT2D eigenvalue weighted by atomic mass is 9.92. The van der Waals surface area contributed by atoms with Crippen LogP contribution in [0.25, 0.3) is 27.7 Å². The summed E-state index contributed by atoms with van der Waals surface area (Å²) in [6.45, 7) is 3.24. The van der Waals surface area contributed by atoms with Gasteiger partial charge in [0.2, 0.25) is 0 Å². The third-order valence-corrected chi connectivity index (χ3v) is 5.81. The molecule has 1 aromatic carbocycles. The van der Waals surface area contributed by atoms with Gasteiger partial charge in [-0.3, -0.25) is 4.79 Å². The molecule has 29 heavy (non-hydrogen) atoms. The van der Waals surface area contributed by atoms with Crippen molar-refractivity contribution < 1.29 is 4.39 Å². The number of aromatic nitrogens is 4. The van der Waals surface area contributed by atoms with Gasteiger partial charge >= 0.3 is 0 Å². The minimum absolute atomic E-state index is 0.145. The van der Waals surface area contributed by atoms with Gasteiger partial charge in [-0.1, -0.05) is 6.07 Å². The lowest BCUT2D eigenvalue weighted by Crippen LogP contribution is -2.39. The lowest BCUT2D eigenvalue weighted by molar-refractivity contribution is 0.0591. The quantitative estimate of drug-likeness (QED) is 0.569. The number of fused-ring (bicyclic) bond motifs is 2. The standard InChI is InChI=1S/C22H22FN5O/c1-14-12-28-13-16(4-6-19(28)24-14)15-3-5-18-17(11-15)20(29)26-21(25-18)22(23)7-9-27(2)10-8-22/h3-6,11-13H,7-10H2,1-2H3,(H,25,26,29). The van der Waals surface area contributed by atoms with E-state index < -0.39 is 5.67 Å². The van der Waals surface area contributed by atoms with Gasteiger partial charge in [-0.2, -0.15) is 0 Å². The van der Waals surface area contributed by atoms with Crippen molar-refractivity contribution in [2.24, 2.45) is 0 Å². The first kappa shape index (κ1) is 18.0. The van der Waals surface area contributed by atoms with E-state index in [0.29, 0.717) is 36.8 Å². The Hall–Kier alpha value is -3.06. The van der Waals surface area contributed by atoms with Crippen molar-refractivity contribution in [3.8, 4) is 11.1 Å². The molecule has 0 amide bonds. The summed E-state index contributed by atoms with van der Waals surface area (Å²) in [5.74, 6) is 0.145. The van der Waals surface area contributed by atoms with E-state index in [0.717, 1.165) is 22.5 Å². The number of halogens is 1. The molecular formula is C22H22FN5O. The zero-order valence-electron chi connectivity index (χ0n) is 16.4. The Kier molecular flexibility index (Phi) is 4.03. The number of H-pyrrole nitrogens is 1. The molecule has 0 spiro atoms. The summed E-state index contributed by atoms with van der Waals surface area (Å²) in [5.41, 5.74) is 2.33. The Morgan fingerprint density at radius 1 is 1.07 bits per heavy atom. The smallest absolute Gasteiger partial charge is 0.258 e. The molecule has 0 unspecified atom stereocenters. The molecule has 1 saturated heterocycles. The average molecular weight is 391 g/mol. The maximum Gasteiger partial charge on any atom is 0.258 e. The highest BCUT2D eigenvalue weighted by molar-refractivity contribution is 5.83. The second-order valence-corrected chi connectivity index (χ2v) is 7.98. The molecule has 7 heteroatoms. The number of benzene rings is 1. The minimum atomic E-state index is -1.58. The fraction of sp³-hybridized carbons (Fsp3) is 0.318. The fourth-order valence-electron chi connectivity index (χ4n) is 4.03. The van der Waals surface area contributed by atoms with E-state index in [2.05, 4.69) is 19.9 Å². The Morgan fingerprint density at radius 2 is 1.83 bits per heavy atom. The van der Waals surface area contributed by atoms with Crippen LogP contribution in [0.1, 0.15) is 24.4 Å². The maximum atomic E-state index is 15.4. The molecule has 1 N–H and O–H groups in total. The first-order valence-corrected chi connectivity index (χ1v) is 9.79. The van der Waals surface area contributed by atoms with Crippen LogP contribution in [0, 0.1) is 6.92 Å². The second-order valence-electron chi connectivity index (χ2n) is 7.98. The van der Waals surface area contributed by atoms with E-state index in [1.54, 1.807) is 6.07 Å². The van der Waals surface area contributed by atoms with E-state index >= 15 is 4.39 Å². The van der Waals surface area contributed by atoms with Crippen molar-refractivity contribution in [1.82, 2.24) is 24.3 Å². The van der Waals surface area contributed by atoms with Gasteiger partial charge in [-0.15, -0.1) is 0 Å². The third-order valence-electron chi connectivity index (χ3n) is 5.81. The normalized spacial score (nSPS) is 17.2. The summed E-state index contributed by atoms with van der Waals surface area (Å²) < 4.78 is 17.4. The van der Waals surface area contributed by atoms with Crippen LogP contribution < -0.4 is 5.56 Å². The summed E-state index contributed by atoms with van der Waals surface area (Å²) in [5, 5.41) is 0.463.